The lowest BCUT2D eigenvalue weighted by Gasteiger charge is -2.01. The first-order valence-corrected chi connectivity index (χ1v) is 6.79. The van der Waals surface area contributed by atoms with Crippen LogP contribution >= 0.6 is 0 Å². The maximum Gasteiger partial charge on any atom is 0.349 e. The van der Waals surface area contributed by atoms with Gasteiger partial charge in [0, 0.05) is 5.57 Å². The predicted molar refractivity (Wildman–Crippen MR) is 58.8 cm³/mol. The van der Waals surface area contributed by atoms with Crippen LogP contribution in [0.5, 0.6) is 0 Å². The summed E-state index contributed by atoms with van der Waals surface area (Å²) in [6.45, 7) is 3.65. The van der Waals surface area contributed by atoms with Crippen molar-refractivity contribution in [2.45, 2.75) is 39.5 Å². The van der Waals surface area contributed by atoms with Gasteiger partial charge in [-0.05, 0) is 19.8 Å². The first-order valence-electron chi connectivity index (χ1n) is 4.97. The van der Waals surface area contributed by atoms with Crippen LogP contribution in [0, 0.1) is 0 Å². The lowest BCUT2D eigenvalue weighted by molar-refractivity contribution is -0.129. The summed E-state index contributed by atoms with van der Waals surface area (Å²) in [5.41, 5.74) is 0.344. The van der Waals surface area contributed by atoms with E-state index < -0.39 is 16.1 Å². The third kappa shape index (κ3) is 8.17. The minimum atomic E-state index is -3.69. The van der Waals surface area contributed by atoms with Gasteiger partial charge in [-0.2, -0.15) is 8.42 Å². The van der Waals surface area contributed by atoms with Crippen molar-refractivity contribution in [1.82, 2.24) is 0 Å². The highest BCUT2D eigenvalue weighted by molar-refractivity contribution is 7.86. The molecule has 0 radical (unpaired) electrons. The van der Waals surface area contributed by atoms with Crippen molar-refractivity contribution in [1.29, 1.82) is 0 Å². The van der Waals surface area contributed by atoms with E-state index in [9.17, 15) is 13.2 Å². The summed E-state index contributed by atoms with van der Waals surface area (Å²) in [6, 6.07) is 0. The van der Waals surface area contributed by atoms with Gasteiger partial charge in [-0.15, -0.1) is 0 Å². The Hall–Kier alpha value is -0.840. The summed E-state index contributed by atoms with van der Waals surface area (Å²) in [6.07, 6.45) is 6.56. The third-order valence-electron chi connectivity index (χ3n) is 1.81. The Kier molecular flexibility index (Phi) is 6.24. The van der Waals surface area contributed by atoms with Crippen LogP contribution in [0.15, 0.2) is 11.6 Å². The van der Waals surface area contributed by atoms with Crippen LogP contribution in [0.4, 0.5) is 0 Å². The first kappa shape index (κ1) is 14.2. The molecule has 5 heteroatoms. The van der Waals surface area contributed by atoms with Crippen molar-refractivity contribution in [3.05, 3.63) is 11.6 Å². The molecule has 0 aromatic heterocycles. The Labute approximate surface area is 91.4 Å². The van der Waals surface area contributed by atoms with Crippen LogP contribution < -0.4 is 0 Å². The molecule has 0 saturated heterocycles. The molecular weight excluding hydrogens is 216 g/mol. The van der Waals surface area contributed by atoms with Gasteiger partial charge in [0.25, 0.3) is 0 Å². The van der Waals surface area contributed by atoms with E-state index >= 15 is 0 Å². The molecular formula is C10H18O4S. The molecule has 88 valence electrons. The van der Waals surface area contributed by atoms with Gasteiger partial charge in [-0.3, -0.25) is 0 Å². The molecule has 15 heavy (non-hydrogen) atoms. The second kappa shape index (κ2) is 6.61. The van der Waals surface area contributed by atoms with Gasteiger partial charge in [0.15, 0.2) is 0 Å². The summed E-state index contributed by atoms with van der Waals surface area (Å²) in [5, 5.41) is 0. The quantitative estimate of drug-likeness (QED) is 0.401. The molecule has 0 fully saturated rings. The van der Waals surface area contributed by atoms with E-state index in [0.717, 1.165) is 31.9 Å². The second-order valence-electron chi connectivity index (χ2n) is 3.46. The Morgan fingerprint density at radius 1 is 1.33 bits per heavy atom. The smallest absolute Gasteiger partial charge is 0.342 e. The molecule has 0 aliphatic carbocycles. The number of carbonyl (C=O) groups is 1. The molecule has 0 aromatic rings. The molecule has 0 heterocycles. The number of hydrogen-bond acceptors (Lipinski definition) is 4. The Balaban J connectivity index is 4.08. The average Bonchev–Trinajstić information content (AvgIpc) is 2.09. The molecule has 0 N–H and O–H groups in total. The van der Waals surface area contributed by atoms with Crippen molar-refractivity contribution in [2.75, 3.05) is 6.26 Å². The lowest BCUT2D eigenvalue weighted by atomic mass is 10.1. The number of hydrogen-bond donors (Lipinski definition) is 0. The fourth-order valence-corrected chi connectivity index (χ4v) is 1.41. The summed E-state index contributed by atoms with van der Waals surface area (Å²) < 4.78 is 25.5. The van der Waals surface area contributed by atoms with Crippen LogP contribution in [0.3, 0.4) is 0 Å². The minimum Gasteiger partial charge on any atom is -0.342 e. The van der Waals surface area contributed by atoms with Crippen LogP contribution in [-0.4, -0.2) is 20.6 Å². The summed E-state index contributed by atoms with van der Waals surface area (Å²) in [4.78, 5) is 11.2. The van der Waals surface area contributed by atoms with Gasteiger partial charge in [0.2, 0.25) is 0 Å². The van der Waals surface area contributed by atoms with Gasteiger partial charge >= 0.3 is 16.1 Å². The SMILES string of the molecule is CCCCCC=C(C)C(=O)OS(C)(=O)=O. The number of unbranched alkanes of at least 4 members (excludes halogenated alkanes) is 3. The average molecular weight is 234 g/mol. The van der Waals surface area contributed by atoms with Crippen LogP contribution in [0.25, 0.3) is 0 Å². The zero-order valence-corrected chi connectivity index (χ0v) is 10.3. The number of allylic oxidation sites excluding steroid dienone is 1. The minimum absolute atomic E-state index is 0.344. The highest BCUT2D eigenvalue weighted by Crippen LogP contribution is 2.05. The normalized spacial score (nSPS) is 12.6. The summed E-state index contributed by atoms with van der Waals surface area (Å²) >= 11 is 0. The third-order valence-corrected chi connectivity index (χ3v) is 2.26. The second-order valence-corrected chi connectivity index (χ2v) is 5.03. The Bertz CT molecular complexity index is 327. The fourth-order valence-electron chi connectivity index (χ4n) is 0.999. The summed E-state index contributed by atoms with van der Waals surface area (Å²) in [7, 11) is -3.69. The lowest BCUT2D eigenvalue weighted by Crippen LogP contribution is -2.11. The molecule has 0 rings (SSSR count). The highest BCUT2D eigenvalue weighted by atomic mass is 32.2. The van der Waals surface area contributed by atoms with Gasteiger partial charge in [-0.1, -0.05) is 25.8 Å². The molecule has 4 nitrogen and oxygen atoms in total. The zero-order valence-electron chi connectivity index (χ0n) is 9.45. The molecule has 0 aliphatic heterocycles. The molecule has 0 aromatic carbocycles. The van der Waals surface area contributed by atoms with Crippen molar-refractivity contribution < 1.29 is 17.4 Å². The van der Waals surface area contributed by atoms with Gasteiger partial charge in [0.05, 0.1) is 6.26 Å². The van der Waals surface area contributed by atoms with E-state index in [1.54, 1.807) is 13.0 Å². The van der Waals surface area contributed by atoms with Crippen molar-refractivity contribution in [3.63, 3.8) is 0 Å². The van der Waals surface area contributed by atoms with Crippen molar-refractivity contribution in [3.8, 4) is 0 Å². The largest absolute Gasteiger partial charge is 0.349 e. The van der Waals surface area contributed by atoms with Crippen molar-refractivity contribution in [2.24, 2.45) is 0 Å². The Morgan fingerprint density at radius 3 is 2.40 bits per heavy atom. The maximum atomic E-state index is 11.2. The topological polar surface area (TPSA) is 60.4 Å². The monoisotopic (exact) mass is 234 g/mol. The van der Waals surface area contributed by atoms with E-state index in [0.29, 0.717) is 5.57 Å². The fraction of sp³-hybridized carbons (Fsp3) is 0.700. The van der Waals surface area contributed by atoms with Crippen LogP contribution in [0.1, 0.15) is 39.5 Å². The molecule has 0 saturated carbocycles. The molecule has 0 bridgehead atoms. The predicted octanol–water partition coefficient (Wildman–Crippen LogP) is 2.02. The highest BCUT2D eigenvalue weighted by Gasteiger charge is 2.12. The molecule has 0 amide bonds. The maximum absolute atomic E-state index is 11.2. The van der Waals surface area contributed by atoms with Crippen LogP contribution in [-0.2, 0) is 19.1 Å². The van der Waals surface area contributed by atoms with E-state index in [4.69, 9.17) is 0 Å². The first-order chi connectivity index (χ1) is 6.87. The van der Waals surface area contributed by atoms with E-state index in [-0.39, 0.29) is 0 Å². The molecule has 0 atom stereocenters. The van der Waals surface area contributed by atoms with Gasteiger partial charge < -0.3 is 4.18 Å². The molecule has 0 aliphatic rings. The van der Waals surface area contributed by atoms with Crippen LogP contribution in [0.2, 0.25) is 0 Å². The van der Waals surface area contributed by atoms with Gasteiger partial charge in [0.1, 0.15) is 0 Å². The van der Waals surface area contributed by atoms with E-state index in [1.807, 2.05) is 0 Å². The van der Waals surface area contributed by atoms with Crippen molar-refractivity contribution >= 4 is 16.1 Å². The Morgan fingerprint density at radius 2 is 1.93 bits per heavy atom. The number of rotatable bonds is 6. The molecule has 0 unspecified atom stereocenters. The standard InChI is InChI=1S/C10H18O4S/c1-4-5-6-7-8-9(2)10(11)14-15(3,12)13/h8H,4-7H2,1-3H3. The van der Waals surface area contributed by atoms with E-state index in [1.165, 1.54) is 0 Å². The zero-order chi connectivity index (χ0) is 11.9. The van der Waals surface area contributed by atoms with E-state index in [2.05, 4.69) is 11.1 Å². The number of carbonyl (C=O) groups excluding carboxylic acids is 1. The molecule has 0 spiro atoms. The van der Waals surface area contributed by atoms with Gasteiger partial charge in [-0.25, -0.2) is 4.79 Å². The summed E-state index contributed by atoms with van der Waals surface area (Å²) in [5.74, 6) is -0.783.